The van der Waals surface area contributed by atoms with E-state index in [1.54, 1.807) is 30.3 Å². The second-order valence-electron chi connectivity index (χ2n) is 3.67. The Labute approximate surface area is 107 Å². The van der Waals surface area contributed by atoms with Gasteiger partial charge in [-0.05, 0) is 36.4 Å². The van der Waals surface area contributed by atoms with E-state index in [1.807, 2.05) is 0 Å². The first-order valence-electron chi connectivity index (χ1n) is 5.22. The van der Waals surface area contributed by atoms with Crippen molar-refractivity contribution in [3.05, 3.63) is 47.5 Å². The highest BCUT2D eigenvalue weighted by Crippen LogP contribution is 2.27. The lowest BCUT2D eigenvalue weighted by Crippen LogP contribution is -1.82. The molecule has 0 saturated heterocycles. The smallest absolute Gasteiger partial charge is 0.400 e. The maximum Gasteiger partial charge on any atom is 0.400 e. The molecule has 18 heavy (non-hydrogen) atoms. The molecule has 0 aliphatic heterocycles. The second kappa shape index (κ2) is 4.23. The Hall–Kier alpha value is -2.20. The van der Waals surface area contributed by atoms with Crippen LogP contribution in [0.5, 0.6) is 17.6 Å². The lowest BCUT2D eigenvalue weighted by atomic mass is 10.3. The zero-order valence-corrected chi connectivity index (χ0v) is 9.85. The maximum absolute atomic E-state index is 10.9. The predicted molar refractivity (Wildman–Crippen MR) is 65.7 cm³/mol. The Kier molecular flexibility index (Phi) is 2.57. The SMILES string of the molecule is [O]c1ccc(Oc2nc3ccc(Cl)cc3o2)cc1. The Morgan fingerprint density at radius 3 is 2.67 bits per heavy atom. The van der Waals surface area contributed by atoms with Crippen LogP contribution >= 0.6 is 11.6 Å². The van der Waals surface area contributed by atoms with Gasteiger partial charge in [-0.2, -0.15) is 4.98 Å². The van der Waals surface area contributed by atoms with E-state index in [2.05, 4.69) is 4.98 Å². The van der Waals surface area contributed by atoms with E-state index in [-0.39, 0.29) is 11.8 Å². The number of hydrogen-bond donors (Lipinski definition) is 0. The standard InChI is InChI=1S/C13H7ClNO3/c14-8-1-6-11-12(7-8)18-13(15-11)17-10-4-2-9(16)3-5-10/h1-7H. The highest BCUT2D eigenvalue weighted by atomic mass is 35.5. The molecule has 0 spiro atoms. The van der Waals surface area contributed by atoms with Crippen LogP contribution < -0.4 is 4.74 Å². The van der Waals surface area contributed by atoms with E-state index >= 15 is 0 Å². The number of rotatable bonds is 2. The fourth-order valence-corrected chi connectivity index (χ4v) is 1.69. The first kappa shape index (κ1) is 10.9. The van der Waals surface area contributed by atoms with Crippen molar-refractivity contribution < 1.29 is 14.3 Å². The topological polar surface area (TPSA) is 55.2 Å². The van der Waals surface area contributed by atoms with Gasteiger partial charge in [-0.25, -0.2) is 0 Å². The molecule has 89 valence electrons. The molecular formula is C13H7ClNO3. The third-order valence-corrected chi connectivity index (χ3v) is 2.59. The number of halogens is 1. The van der Waals surface area contributed by atoms with Gasteiger partial charge in [0.25, 0.3) is 0 Å². The van der Waals surface area contributed by atoms with Crippen molar-refractivity contribution in [3.8, 4) is 17.6 Å². The minimum absolute atomic E-state index is 0.0771. The first-order valence-corrected chi connectivity index (χ1v) is 5.59. The van der Waals surface area contributed by atoms with E-state index in [0.717, 1.165) is 0 Å². The molecule has 0 saturated carbocycles. The van der Waals surface area contributed by atoms with Crippen LogP contribution in [-0.4, -0.2) is 4.98 Å². The third-order valence-electron chi connectivity index (χ3n) is 2.36. The summed E-state index contributed by atoms with van der Waals surface area (Å²) in [5.74, 6) is 0.416. The van der Waals surface area contributed by atoms with Gasteiger partial charge in [0.1, 0.15) is 11.3 Å². The van der Waals surface area contributed by atoms with Crippen LogP contribution in [0.4, 0.5) is 0 Å². The summed E-state index contributed by atoms with van der Waals surface area (Å²) in [6, 6.07) is 11.1. The van der Waals surface area contributed by atoms with Crippen LogP contribution in [-0.2, 0) is 5.11 Å². The summed E-state index contributed by atoms with van der Waals surface area (Å²) in [6.07, 6.45) is 0.117. The molecule has 3 rings (SSSR count). The molecule has 3 aromatic rings. The molecule has 1 aromatic heterocycles. The summed E-state index contributed by atoms with van der Waals surface area (Å²) in [6.45, 7) is 0. The number of ether oxygens (including phenoxy) is 1. The molecule has 0 bridgehead atoms. The zero-order chi connectivity index (χ0) is 12.5. The number of nitrogens with zero attached hydrogens (tertiary/aromatic N) is 1. The summed E-state index contributed by atoms with van der Waals surface area (Å²) < 4.78 is 10.8. The number of hydrogen-bond acceptors (Lipinski definition) is 3. The van der Waals surface area contributed by atoms with Crippen molar-refractivity contribution >= 4 is 22.7 Å². The molecule has 0 amide bonds. The van der Waals surface area contributed by atoms with E-state index in [9.17, 15) is 5.11 Å². The van der Waals surface area contributed by atoms with Crippen molar-refractivity contribution in [2.75, 3.05) is 0 Å². The van der Waals surface area contributed by atoms with Gasteiger partial charge in [-0.3, -0.25) is 5.11 Å². The van der Waals surface area contributed by atoms with Crippen LogP contribution in [0, 0.1) is 0 Å². The van der Waals surface area contributed by atoms with E-state index in [1.165, 1.54) is 12.1 Å². The van der Waals surface area contributed by atoms with Crippen LogP contribution in [0.1, 0.15) is 0 Å². The number of fused-ring (bicyclic) bond motifs is 1. The molecule has 5 heteroatoms. The lowest BCUT2D eigenvalue weighted by molar-refractivity contribution is 0.337. The van der Waals surface area contributed by atoms with Crippen LogP contribution in [0.25, 0.3) is 11.1 Å². The molecule has 0 aliphatic carbocycles. The minimum Gasteiger partial charge on any atom is -0.411 e. The Bertz CT molecular complexity index is 691. The molecule has 1 heterocycles. The van der Waals surface area contributed by atoms with Gasteiger partial charge < -0.3 is 9.15 Å². The molecule has 0 N–H and O–H groups in total. The van der Waals surface area contributed by atoms with Gasteiger partial charge in [0, 0.05) is 11.1 Å². The van der Waals surface area contributed by atoms with Crippen LogP contribution in [0.2, 0.25) is 5.02 Å². The number of oxazole rings is 1. The van der Waals surface area contributed by atoms with E-state index < -0.39 is 0 Å². The monoisotopic (exact) mass is 260 g/mol. The lowest BCUT2D eigenvalue weighted by Gasteiger charge is -1.98. The van der Waals surface area contributed by atoms with Crippen molar-refractivity contribution in [1.29, 1.82) is 0 Å². The number of benzene rings is 2. The molecule has 4 nitrogen and oxygen atoms in total. The van der Waals surface area contributed by atoms with Crippen molar-refractivity contribution in [2.45, 2.75) is 0 Å². The second-order valence-corrected chi connectivity index (χ2v) is 4.10. The fraction of sp³-hybridized carbons (Fsp3) is 0. The molecule has 0 unspecified atom stereocenters. The number of aromatic nitrogens is 1. The predicted octanol–water partition coefficient (Wildman–Crippen LogP) is 4.42. The van der Waals surface area contributed by atoms with Gasteiger partial charge in [-0.15, -0.1) is 0 Å². The minimum atomic E-state index is -0.0771. The normalized spacial score (nSPS) is 10.7. The Morgan fingerprint density at radius 2 is 1.89 bits per heavy atom. The Morgan fingerprint density at radius 1 is 1.11 bits per heavy atom. The van der Waals surface area contributed by atoms with Crippen molar-refractivity contribution in [2.24, 2.45) is 0 Å². The van der Waals surface area contributed by atoms with Crippen LogP contribution in [0.3, 0.4) is 0 Å². The highest BCUT2D eigenvalue weighted by Gasteiger charge is 2.08. The first-order chi connectivity index (χ1) is 8.70. The fourth-order valence-electron chi connectivity index (χ4n) is 1.53. The third kappa shape index (κ3) is 2.10. The molecule has 0 aliphatic rings. The summed E-state index contributed by atoms with van der Waals surface area (Å²) >= 11 is 5.84. The van der Waals surface area contributed by atoms with Gasteiger partial charge >= 0.3 is 6.08 Å². The molecular weight excluding hydrogens is 254 g/mol. The zero-order valence-electron chi connectivity index (χ0n) is 9.09. The largest absolute Gasteiger partial charge is 0.411 e. The summed E-state index contributed by atoms with van der Waals surface area (Å²) in [4.78, 5) is 4.15. The average molecular weight is 261 g/mol. The molecule has 0 atom stereocenters. The highest BCUT2D eigenvalue weighted by molar-refractivity contribution is 6.31. The average Bonchev–Trinajstić information content (AvgIpc) is 2.73. The van der Waals surface area contributed by atoms with Gasteiger partial charge in [0.15, 0.2) is 11.3 Å². The van der Waals surface area contributed by atoms with Gasteiger partial charge in [-0.1, -0.05) is 11.6 Å². The molecule has 1 radical (unpaired) electrons. The maximum atomic E-state index is 10.9. The molecule has 0 fully saturated rings. The van der Waals surface area contributed by atoms with E-state index in [0.29, 0.717) is 21.9 Å². The Balaban J connectivity index is 1.92. The van der Waals surface area contributed by atoms with Crippen molar-refractivity contribution in [1.82, 2.24) is 4.98 Å². The summed E-state index contributed by atoms with van der Waals surface area (Å²) in [7, 11) is 0. The van der Waals surface area contributed by atoms with Crippen molar-refractivity contribution in [3.63, 3.8) is 0 Å². The summed E-state index contributed by atoms with van der Waals surface area (Å²) in [5, 5.41) is 11.5. The van der Waals surface area contributed by atoms with Gasteiger partial charge in [0.05, 0.1) is 0 Å². The quantitative estimate of drug-likeness (QED) is 0.685. The molecule has 2 aromatic carbocycles. The summed E-state index contributed by atoms with van der Waals surface area (Å²) in [5.41, 5.74) is 1.22. The van der Waals surface area contributed by atoms with Gasteiger partial charge in [0.2, 0.25) is 0 Å². The van der Waals surface area contributed by atoms with E-state index in [4.69, 9.17) is 20.8 Å². The van der Waals surface area contributed by atoms with Crippen LogP contribution in [0.15, 0.2) is 46.9 Å².